The van der Waals surface area contributed by atoms with Crippen LogP contribution in [0.2, 0.25) is 5.02 Å². The Bertz CT molecular complexity index is 938. The summed E-state index contributed by atoms with van der Waals surface area (Å²) in [4.78, 5) is 24.2. The summed E-state index contributed by atoms with van der Waals surface area (Å²) in [6, 6.07) is 14.4. The largest absolute Gasteiger partial charge is 0.496 e. The maximum absolute atomic E-state index is 12.1. The first-order chi connectivity index (χ1) is 12.6. The Morgan fingerprint density at radius 1 is 1.08 bits per heavy atom. The topological polar surface area (TPSA) is 80.6 Å². The molecule has 0 aliphatic heterocycles. The van der Waals surface area contributed by atoms with Crippen molar-refractivity contribution in [3.8, 4) is 17.1 Å². The normalized spacial score (nSPS) is 10.2. The number of hydrogen-bond acceptors (Lipinski definition) is 4. The predicted molar refractivity (Wildman–Crippen MR) is 98.6 cm³/mol. The number of furan rings is 1. The van der Waals surface area contributed by atoms with Crippen LogP contribution in [0.5, 0.6) is 5.75 Å². The first-order valence-corrected chi connectivity index (χ1v) is 8.05. The third kappa shape index (κ3) is 3.87. The number of rotatable bonds is 4. The number of carbonyl (C=O) groups excluding carboxylic acids is 2. The van der Waals surface area contributed by atoms with Gasteiger partial charge < -0.3 is 14.5 Å². The van der Waals surface area contributed by atoms with Crippen molar-refractivity contribution in [2.75, 3.05) is 12.4 Å². The Morgan fingerprint density at radius 2 is 1.88 bits per heavy atom. The quantitative estimate of drug-likeness (QED) is 0.704. The molecule has 1 aromatic heterocycles. The Kier molecular flexibility index (Phi) is 5.24. The van der Waals surface area contributed by atoms with Crippen LogP contribution < -0.4 is 15.4 Å². The van der Waals surface area contributed by atoms with E-state index in [0.29, 0.717) is 17.2 Å². The minimum Gasteiger partial charge on any atom is -0.496 e. The number of carbonyl (C=O) groups is 2. The molecule has 2 N–H and O–H groups in total. The molecule has 0 aliphatic rings. The van der Waals surface area contributed by atoms with E-state index in [0.717, 1.165) is 5.56 Å². The molecule has 0 radical (unpaired) electrons. The van der Waals surface area contributed by atoms with Gasteiger partial charge in [-0.15, -0.1) is 0 Å². The van der Waals surface area contributed by atoms with Gasteiger partial charge in [-0.1, -0.05) is 23.7 Å². The molecule has 0 unspecified atom stereocenters. The van der Waals surface area contributed by atoms with E-state index < -0.39 is 11.9 Å². The fourth-order valence-electron chi connectivity index (χ4n) is 2.38. The van der Waals surface area contributed by atoms with E-state index in [1.54, 1.807) is 54.8 Å². The number of amides is 3. The van der Waals surface area contributed by atoms with Crippen LogP contribution in [0.3, 0.4) is 0 Å². The second-order valence-corrected chi connectivity index (χ2v) is 5.69. The van der Waals surface area contributed by atoms with E-state index in [2.05, 4.69) is 10.6 Å². The van der Waals surface area contributed by atoms with Crippen molar-refractivity contribution in [3.63, 3.8) is 0 Å². The van der Waals surface area contributed by atoms with Crippen LogP contribution in [-0.4, -0.2) is 19.0 Å². The highest BCUT2D eigenvalue weighted by Crippen LogP contribution is 2.32. The van der Waals surface area contributed by atoms with Crippen molar-refractivity contribution in [2.45, 2.75) is 0 Å². The maximum atomic E-state index is 12.1. The van der Waals surface area contributed by atoms with Gasteiger partial charge in [0.1, 0.15) is 11.5 Å². The highest BCUT2D eigenvalue weighted by atomic mass is 35.5. The molecule has 0 aliphatic carbocycles. The third-order valence-corrected chi connectivity index (χ3v) is 3.92. The lowest BCUT2D eigenvalue weighted by Crippen LogP contribution is -2.34. The Morgan fingerprint density at radius 3 is 2.58 bits per heavy atom. The molecule has 26 heavy (non-hydrogen) atoms. The Labute approximate surface area is 154 Å². The zero-order chi connectivity index (χ0) is 18.5. The summed E-state index contributed by atoms with van der Waals surface area (Å²) in [5.74, 6) is 0.578. The minimum absolute atomic E-state index is 0.218. The molecule has 7 heteroatoms. The van der Waals surface area contributed by atoms with Crippen LogP contribution in [0.15, 0.2) is 65.3 Å². The summed E-state index contributed by atoms with van der Waals surface area (Å²) < 4.78 is 10.7. The number of benzene rings is 2. The third-order valence-electron chi connectivity index (χ3n) is 3.59. The number of halogens is 1. The molecule has 3 amide bonds. The molecule has 0 saturated carbocycles. The summed E-state index contributed by atoms with van der Waals surface area (Å²) in [6.07, 6.45) is 1.56. The predicted octanol–water partition coefficient (Wildman–Crippen LogP) is 4.57. The lowest BCUT2D eigenvalue weighted by molar-refractivity contribution is 0.0967. The molecular weight excluding hydrogens is 356 g/mol. The molecule has 3 aromatic rings. The highest BCUT2D eigenvalue weighted by Gasteiger charge is 2.14. The van der Waals surface area contributed by atoms with Gasteiger partial charge in [-0.2, -0.15) is 0 Å². The van der Waals surface area contributed by atoms with E-state index >= 15 is 0 Å². The number of nitrogens with one attached hydrogen (secondary N) is 2. The summed E-state index contributed by atoms with van der Waals surface area (Å²) in [5, 5.41) is 5.08. The standard InChI is InChI=1S/C19H15ClN2O4/c1-25-17-11-12(8-9-14(17)16-7-4-10-26-16)21-19(24)22-18(23)13-5-2-3-6-15(13)20/h2-11H,1H3,(H2,21,22,23,24). The fraction of sp³-hybridized carbons (Fsp3) is 0.0526. The van der Waals surface area contributed by atoms with Gasteiger partial charge in [0.2, 0.25) is 0 Å². The molecule has 0 bridgehead atoms. The first-order valence-electron chi connectivity index (χ1n) is 7.67. The number of imide groups is 1. The molecule has 0 saturated heterocycles. The van der Waals surface area contributed by atoms with Crippen molar-refractivity contribution in [1.82, 2.24) is 5.32 Å². The summed E-state index contributed by atoms with van der Waals surface area (Å²) in [5.41, 5.74) is 1.42. The van der Waals surface area contributed by atoms with Gasteiger partial charge in [0.05, 0.1) is 29.5 Å². The Hall–Kier alpha value is -3.25. The van der Waals surface area contributed by atoms with E-state index in [1.165, 1.54) is 13.2 Å². The maximum Gasteiger partial charge on any atom is 0.326 e. The monoisotopic (exact) mass is 370 g/mol. The van der Waals surface area contributed by atoms with Gasteiger partial charge in [0, 0.05) is 11.8 Å². The summed E-state index contributed by atoms with van der Waals surface area (Å²) >= 11 is 5.95. The van der Waals surface area contributed by atoms with Crippen molar-refractivity contribution in [2.24, 2.45) is 0 Å². The van der Waals surface area contributed by atoms with E-state index in [1.807, 2.05) is 0 Å². The van der Waals surface area contributed by atoms with Gasteiger partial charge in [-0.05, 0) is 36.4 Å². The highest BCUT2D eigenvalue weighted by molar-refractivity contribution is 6.34. The smallest absolute Gasteiger partial charge is 0.326 e. The SMILES string of the molecule is COc1cc(NC(=O)NC(=O)c2ccccc2Cl)ccc1-c1ccco1. The summed E-state index contributed by atoms with van der Waals surface area (Å²) in [6.45, 7) is 0. The van der Waals surface area contributed by atoms with Crippen molar-refractivity contribution in [3.05, 3.63) is 71.4 Å². The van der Waals surface area contributed by atoms with Gasteiger partial charge in [-0.25, -0.2) is 4.79 Å². The fourth-order valence-corrected chi connectivity index (χ4v) is 2.60. The van der Waals surface area contributed by atoms with E-state index in [4.69, 9.17) is 20.8 Å². The molecule has 6 nitrogen and oxygen atoms in total. The van der Waals surface area contributed by atoms with Crippen LogP contribution in [-0.2, 0) is 0 Å². The molecule has 132 valence electrons. The van der Waals surface area contributed by atoms with Crippen LogP contribution in [0.1, 0.15) is 10.4 Å². The van der Waals surface area contributed by atoms with Crippen LogP contribution in [0.25, 0.3) is 11.3 Å². The zero-order valence-electron chi connectivity index (χ0n) is 13.8. The number of methoxy groups -OCH3 is 1. The molecule has 0 spiro atoms. The zero-order valence-corrected chi connectivity index (χ0v) is 14.5. The van der Waals surface area contributed by atoms with Crippen LogP contribution >= 0.6 is 11.6 Å². The van der Waals surface area contributed by atoms with E-state index in [-0.39, 0.29) is 10.6 Å². The first kappa shape index (κ1) is 17.6. The van der Waals surface area contributed by atoms with Crippen molar-refractivity contribution >= 4 is 29.2 Å². The van der Waals surface area contributed by atoms with Gasteiger partial charge in [0.15, 0.2) is 0 Å². The Balaban J connectivity index is 1.71. The summed E-state index contributed by atoms with van der Waals surface area (Å²) in [7, 11) is 1.52. The average Bonchev–Trinajstić information content (AvgIpc) is 3.16. The van der Waals surface area contributed by atoms with Crippen molar-refractivity contribution < 1.29 is 18.7 Å². The lowest BCUT2D eigenvalue weighted by atomic mass is 10.1. The van der Waals surface area contributed by atoms with Crippen LogP contribution in [0.4, 0.5) is 10.5 Å². The minimum atomic E-state index is -0.678. The number of ether oxygens (including phenoxy) is 1. The molecule has 0 fully saturated rings. The molecule has 1 heterocycles. The lowest BCUT2D eigenvalue weighted by Gasteiger charge is -2.11. The van der Waals surface area contributed by atoms with E-state index in [9.17, 15) is 9.59 Å². The van der Waals surface area contributed by atoms with Crippen molar-refractivity contribution in [1.29, 1.82) is 0 Å². The molecular formula is C19H15ClN2O4. The number of anilines is 1. The second kappa shape index (κ2) is 7.76. The molecule has 3 rings (SSSR count). The van der Waals surface area contributed by atoms with Crippen LogP contribution in [0, 0.1) is 0 Å². The van der Waals surface area contributed by atoms with Gasteiger partial charge >= 0.3 is 6.03 Å². The molecule has 2 aromatic carbocycles. The number of hydrogen-bond donors (Lipinski definition) is 2. The second-order valence-electron chi connectivity index (χ2n) is 5.28. The van der Waals surface area contributed by atoms with Gasteiger partial charge in [0.25, 0.3) is 5.91 Å². The average molecular weight is 371 g/mol. The number of urea groups is 1. The molecule has 0 atom stereocenters. The van der Waals surface area contributed by atoms with Gasteiger partial charge in [-0.3, -0.25) is 10.1 Å².